The van der Waals surface area contributed by atoms with Crippen LogP contribution in [0.15, 0.2) is 60.4 Å². The Morgan fingerprint density at radius 2 is 1.35 bits per heavy atom. The first-order valence-corrected chi connectivity index (χ1v) is 14.7. The molecular formula is C33H45NO6. The van der Waals surface area contributed by atoms with E-state index in [1.807, 2.05) is 38.1 Å². The van der Waals surface area contributed by atoms with Gasteiger partial charge in [0.1, 0.15) is 0 Å². The van der Waals surface area contributed by atoms with E-state index in [0.717, 1.165) is 31.8 Å². The minimum atomic E-state index is -0.775. The van der Waals surface area contributed by atoms with Crippen molar-refractivity contribution in [2.24, 2.45) is 0 Å². The van der Waals surface area contributed by atoms with E-state index >= 15 is 0 Å². The number of aryl methyl sites for hydroxylation is 1. The van der Waals surface area contributed by atoms with Crippen molar-refractivity contribution in [3.05, 3.63) is 71.5 Å². The van der Waals surface area contributed by atoms with Gasteiger partial charge in [-0.2, -0.15) is 0 Å². The first-order chi connectivity index (χ1) is 19.5. The minimum absolute atomic E-state index is 0.203. The number of esters is 2. The van der Waals surface area contributed by atoms with Crippen molar-refractivity contribution in [2.75, 3.05) is 18.5 Å². The molecule has 0 fully saturated rings. The summed E-state index contributed by atoms with van der Waals surface area (Å²) in [5.41, 5.74) is 2.07. The van der Waals surface area contributed by atoms with E-state index in [-0.39, 0.29) is 30.6 Å². The average molecular weight is 552 g/mol. The summed E-state index contributed by atoms with van der Waals surface area (Å²) >= 11 is 0. The summed E-state index contributed by atoms with van der Waals surface area (Å²) in [5.74, 6) is -1.88. The minimum Gasteiger partial charge on any atom is -0.462 e. The van der Waals surface area contributed by atoms with Crippen molar-refractivity contribution in [3.8, 4) is 5.75 Å². The molecular weight excluding hydrogens is 506 g/mol. The van der Waals surface area contributed by atoms with Crippen molar-refractivity contribution < 1.29 is 28.6 Å². The standard InChI is InChI=1S/C33H45NO6/c1-4-7-10-11-12-13-16-26-19-21-27(22-20-26)32(36)34-28-17-14-15-18-29(28)40-30(33(37)39-24-9-6-3)25-31(35)38-23-8-5-2/h14-15,17-22,25H,4-13,16,23-24H2,1-3H3,(H,34,36)/b30-25+. The van der Waals surface area contributed by atoms with Crippen molar-refractivity contribution in [1.29, 1.82) is 0 Å². The maximum atomic E-state index is 13.0. The number of para-hydroxylation sites is 2. The lowest BCUT2D eigenvalue weighted by atomic mass is 10.0. The molecule has 0 radical (unpaired) electrons. The molecule has 0 aliphatic rings. The predicted octanol–water partition coefficient (Wildman–Crippen LogP) is 7.79. The molecule has 0 aliphatic carbocycles. The van der Waals surface area contributed by atoms with E-state index in [1.165, 1.54) is 37.7 Å². The van der Waals surface area contributed by atoms with Crippen LogP contribution in [0.2, 0.25) is 0 Å². The second kappa shape index (κ2) is 19.4. The van der Waals surface area contributed by atoms with Crippen LogP contribution in [0, 0.1) is 0 Å². The maximum absolute atomic E-state index is 13.0. The smallest absolute Gasteiger partial charge is 0.374 e. The third kappa shape index (κ3) is 12.5. The van der Waals surface area contributed by atoms with Crippen LogP contribution in [0.1, 0.15) is 101 Å². The molecule has 0 saturated carbocycles. The van der Waals surface area contributed by atoms with Crippen LogP contribution in [-0.4, -0.2) is 31.1 Å². The average Bonchev–Trinajstić information content (AvgIpc) is 2.96. The summed E-state index contributed by atoms with van der Waals surface area (Å²) in [7, 11) is 0. The summed E-state index contributed by atoms with van der Waals surface area (Å²) in [6.07, 6.45) is 12.6. The Balaban J connectivity index is 2.07. The maximum Gasteiger partial charge on any atom is 0.374 e. The molecule has 0 bridgehead atoms. The molecule has 7 nitrogen and oxygen atoms in total. The molecule has 0 atom stereocenters. The Hall–Kier alpha value is -3.61. The molecule has 0 aliphatic heterocycles. The molecule has 1 amide bonds. The van der Waals surface area contributed by atoms with Gasteiger partial charge in [0.15, 0.2) is 5.75 Å². The van der Waals surface area contributed by atoms with Crippen LogP contribution in [0.3, 0.4) is 0 Å². The molecule has 40 heavy (non-hydrogen) atoms. The Morgan fingerprint density at radius 1 is 0.725 bits per heavy atom. The van der Waals surface area contributed by atoms with Gasteiger partial charge in [-0.3, -0.25) is 4.79 Å². The third-order valence-electron chi connectivity index (χ3n) is 6.31. The molecule has 2 aromatic carbocycles. The normalized spacial score (nSPS) is 11.1. The second-order valence-corrected chi connectivity index (χ2v) is 9.79. The van der Waals surface area contributed by atoms with Crippen LogP contribution in [-0.2, 0) is 25.5 Å². The van der Waals surface area contributed by atoms with Gasteiger partial charge in [0.05, 0.1) is 25.0 Å². The molecule has 0 spiro atoms. The number of benzene rings is 2. The van der Waals surface area contributed by atoms with Gasteiger partial charge < -0.3 is 19.5 Å². The monoisotopic (exact) mass is 551 g/mol. The number of rotatable bonds is 19. The first-order valence-electron chi connectivity index (χ1n) is 14.7. The first kappa shape index (κ1) is 32.6. The van der Waals surface area contributed by atoms with Gasteiger partial charge >= 0.3 is 11.9 Å². The number of anilines is 1. The highest BCUT2D eigenvalue weighted by Gasteiger charge is 2.19. The highest BCUT2D eigenvalue weighted by Crippen LogP contribution is 2.27. The summed E-state index contributed by atoms with van der Waals surface area (Å²) in [4.78, 5) is 38.0. The van der Waals surface area contributed by atoms with E-state index < -0.39 is 11.9 Å². The summed E-state index contributed by atoms with van der Waals surface area (Å²) in [6.45, 7) is 6.63. The second-order valence-electron chi connectivity index (χ2n) is 9.79. The summed E-state index contributed by atoms with van der Waals surface area (Å²) < 4.78 is 16.3. The number of carbonyl (C=O) groups is 3. The lowest BCUT2D eigenvalue weighted by Crippen LogP contribution is -2.18. The zero-order chi connectivity index (χ0) is 29.0. The van der Waals surface area contributed by atoms with E-state index in [9.17, 15) is 14.4 Å². The molecule has 7 heteroatoms. The molecule has 0 saturated heterocycles. The molecule has 0 unspecified atom stereocenters. The Morgan fingerprint density at radius 3 is 2.05 bits per heavy atom. The number of unbranched alkanes of at least 4 members (excludes halogenated alkanes) is 7. The Kier molecular flexibility index (Phi) is 15.9. The van der Waals surface area contributed by atoms with Crippen molar-refractivity contribution in [1.82, 2.24) is 0 Å². The fraction of sp³-hybridized carbons (Fsp3) is 0.485. The zero-order valence-corrected chi connectivity index (χ0v) is 24.3. The largest absolute Gasteiger partial charge is 0.462 e. The van der Waals surface area contributed by atoms with E-state index in [2.05, 4.69) is 12.2 Å². The topological polar surface area (TPSA) is 90.9 Å². The van der Waals surface area contributed by atoms with Crippen molar-refractivity contribution >= 4 is 23.5 Å². The third-order valence-corrected chi connectivity index (χ3v) is 6.31. The lowest BCUT2D eigenvalue weighted by molar-refractivity contribution is -0.143. The van der Waals surface area contributed by atoms with Crippen molar-refractivity contribution in [3.63, 3.8) is 0 Å². The SMILES string of the molecule is CCCCCCCCc1ccc(C(=O)Nc2ccccc2O/C(=C/C(=O)OCCCC)C(=O)OCCCC)cc1. The lowest BCUT2D eigenvalue weighted by Gasteiger charge is -2.14. The molecule has 0 aromatic heterocycles. The van der Waals surface area contributed by atoms with Gasteiger partial charge in [0, 0.05) is 5.56 Å². The summed E-state index contributed by atoms with van der Waals surface area (Å²) in [5, 5.41) is 2.85. The van der Waals surface area contributed by atoms with Crippen LogP contribution in [0.5, 0.6) is 5.75 Å². The summed E-state index contributed by atoms with van der Waals surface area (Å²) in [6, 6.07) is 14.3. The predicted molar refractivity (Wildman–Crippen MR) is 158 cm³/mol. The quantitative estimate of drug-likeness (QED) is 0.0829. The van der Waals surface area contributed by atoms with Gasteiger partial charge in [-0.15, -0.1) is 0 Å². The van der Waals surface area contributed by atoms with Gasteiger partial charge in [-0.05, 0) is 55.5 Å². The fourth-order valence-electron chi connectivity index (χ4n) is 3.88. The molecule has 0 heterocycles. The number of carbonyl (C=O) groups excluding carboxylic acids is 3. The van der Waals surface area contributed by atoms with Gasteiger partial charge in [0.2, 0.25) is 5.76 Å². The van der Waals surface area contributed by atoms with Crippen LogP contribution in [0.4, 0.5) is 5.69 Å². The van der Waals surface area contributed by atoms with E-state index in [1.54, 1.807) is 24.3 Å². The van der Waals surface area contributed by atoms with E-state index in [4.69, 9.17) is 14.2 Å². The van der Waals surface area contributed by atoms with Crippen molar-refractivity contribution in [2.45, 2.75) is 91.4 Å². The van der Waals surface area contributed by atoms with E-state index in [0.29, 0.717) is 24.1 Å². The van der Waals surface area contributed by atoms with Gasteiger partial charge in [0.25, 0.3) is 5.91 Å². The van der Waals surface area contributed by atoms with Gasteiger partial charge in [-0.1, -0.05) is 90.0 Å². The Bertz CT molecular complexity index is 1080. The number of hydrogen-bond acceptors (Lipinski definition) is 6. The van der Waals surface area contributed by atoms with Crippen LogP contribution in [0.25, 0.3) is 0 Å². The number of amides is 1. The molecule has 1 N–H and O–H groups in total. The zero-order valence-electron chi connectivity index (χ0n) is 24.3. The molecule has 2 aromatic rings. The number of hydrogen-bond donors (Lipinski definition) is 1. The highest BCUT2D eigenvalue weighted by atomic mass is 16.6. The highest BCUT2D eigenvalue weighted by molar-refractivity contribution is 6.05. The van der Waals surface area contributed by atoms with Crippen LogP contribution < -0.4 is 10.1 Å². The molecule has 218 valence electrons. The number of nitrogens with one attached hydrogen (secondary N) is 1. The van der Waals surface area contributed by atoms with Crippen LogP contribution >= 0.6 is 0 Å². The van der Waals surface area contributed by atoms with Gasteiger partial charge in [-0.25, -0.2) is 9.59 Å². The Labute approximate surface area is 239 Å². The number of ether oxygens (including phenoxy) is 3. The fourth-order valence-corrected chi connectivity index (χ4v) is 3.88. The molecule has 2 rings (SSSR count).